The molecule has 1 aromatic carbocycles. The van der Waals surface area contributed by atoms with Gasteiger partial charge in [-0.1, -0.05) is 18.2 Å². The minimum atomic E-state index is -2.92. The molecule has 1 aliphatic rings. The second kappa shape index (κ2) is 9.51. The highest BCUT2D eigenvalue weighted by atomic mass is 19.3. The molecule has 7 nitrogen and oxygen atoms in total. The van der Waals surface area contributed by atoms with Crippen LogP contribution in [-0.4, -0.2) is 67.7 Å². The fourth-order valence-electron chi connectivity index (χ4n) is 3.23. The number of carbonyl (C=O) groups is 1. The molecule has 1 fully saturated rings. The summed E-state index contributed by atoms with van der Waals surface area (Å²) in [5, 5.41) is 0. The molecule has 9 heteroatoms. The van der Waals surface area contributed by atoms with E-state index in [4.69, 9.17) is 0 Å². The summed E-state index contributed by atoms with van der Waals surface area (Å²) in [6.07, 6.45) is 3.19. The summed E-state index contributed by atoms with van der Waals surface area (Å²) in [5.74, 6) is 1.36. The van der Waals surface area contributed by atoms with Crippen molar-refractivity contribution in [3.63, 3.8) is 0 Å². The highest BCUT2D eigenvalue weighted by Gasteiger charge is 2.22. The third-order valence-electron chi connectivity index (χ3n) is 4.81. The molecule has 160 valence electrons. The van der Waals surface area contributed by atoms with Crippen LogP contribution in [0.2, 0.25) is 0 Å². The first-order chi connectivity index (χ1) is 14.3. The Kier molecular flexibility index (Phi) is 6.81. The first kappa shape index (κ1) is 21.5. The predicted molar refractivity (Wildman–Crippen MR) is 112 cm³/mol. The summed E-state index contributed by atoms with van der Waals surface area (Å²) in [5.41, 5.74) is 1.05. The second-order valence-corrected chi connectivity index (χ2v) is 7.12. The quantitative estimate of drug-likeness (QED) is 0.674. The van der Waals surface area contributed by atoms with Crippen LogP contribution < -0.4 is 14.5 Å². The largest absolute Gasteiger partial charge is 0.434 e. The van der Waals surface area contributed by atoms with Gasteiger partial charge in [-0.2, -0.15) is 13.8 Å². The lowest BCUT2D eigenvalue weighted by molar-refractivity contribution is -0.126. The zero-order chi connectivity index (χ0) is 21.7. The Bertz CT molecular complexity index is 912. The van der Waals surface area contributed by atoms with E-state index in [1.54, 1.807) is 36.2 Å². The van der Waals surface area contributed by atoms with Gasteiger partial charge in [0.1, 0.15) is 11.6 Å². The molecule has 0 atom stereocenters. The van der Waals surface area contributed by atoms with Crippen molar-refractivity contribution in [1.82, 2.24) is 14.9 Å². The topological polar surface area (TPSA) is 61.8 Å². The minimum Gasteiger partial charge on any atom is -0.434 e. The fourth-order valence-corrected chi connectivity index (χ4v) is 3.23. The number of ether oxygens (including phenoxy) is 1. The number of halogens is 2. The van der Waals surface area contributed by atoms with Crippen LogP contribution in [0.1, 0.15) is 12.5 Å². The Morgan fingerprint density at radius 3 is 2.53 bits per heavy atom. The monoisotopic (exact) mass is 417 g/mol. The number of carbonyl (C=O) groups excluding carboxylic acids is 1. The lowest BCUT2D eigenvalue weighted by Gasteiger charge is -2.35. The molecule has 30 heavy (non-hydrogen) atoms. The predicted octanol–water partition coefficient (Wildman–Crippen LogP) is 2.90. The highest BCUT2D eigenvalue weighted by Crippen LogP contribution is 2.27. The van der Waals surface area contributed by atoms with Crippen LogP contribution in [0.15, 0.2) is 42.6 Å². The number of nitrogens with zero attached hydrogens (tertiary/aromatic N) is 5. The van der Waals surface area contributed by atoms with E-state index in [0.717, 1.165) is 5.82 Å². The van der Waals surface area contributed by atoms with Crippen molar-refractivity contribution in [3.8, 4) is 5.75 Å². The number of rotatable bonds is 6. The Labute approximate surface area is 174 Å². The van der Waals surface area contributed by atoms with E-state index in [1.165, 1.54) is 12.1 Å². The Morgan fingerprint density at radius 2 is 1.87 bits per heavy atom. The molecule has 2 heterocycles. The zero-order valence-corrected chi connectivity index (χ0v) is 17.3. The number of anilines is 2. The molecule has 0 spiro atoms. The average Bonchev–Trinajstić information content (AvgIpc) is 2.73. The minimum absolute atomic E-state index is 0.0549. The second-order valence-electron chi connectivity index (χ2n) is 7.12. The lowest BCUT2D eigenvalue weighted by Crippen LogP contribution is -2.48. The fraction of sp³-hybridized carbons (Fsp3) is 0.381. The molecular weight excluding hydrogens is 392 g/mol. The van der Waals surface area contributed by atoms with E-state index in [2.05, 4.69) is 19.6 Å². The molecule has 1 saturated heterocycles. The van der Waals surface area contributed by atoms with Crippen molar-refractivity contribution in [2.75, 3.05) is 50.1 Å². The Balaban J connectivity index is 1.65. The average molecular weight is 417 g/mol. The third-order valence-corrected chi connectivity index (χ3v) is 4.81. The van der Waals surface area contributed by atoms with Gasteiger partial charge in [0.15, 0.2) is 0 Å². The molecule has 2 aromatic rings. The van der Waals surface area contributed by atoms with Crippen molar-refractivity contribution in [1.29, 1.82) is 0 Å². The Hall–Kier alpha value is -3.23. The van der Waals surface area contributed by atoms with E-state index in [0.29, 0.717) is 43.3 Å². The maximum atomic E-state index is 12.7. The maximum absolute atomic E-state index is 12.7. The van der Waals surface area contributed by atoms with Crippen molar-refractivity contribution in [2.45, 2.75) is 13.5 Å². The number of hydrogen-bond acceptors (Lipinski definition) is 6. The third kappa shape index (κ3) is 5.22. The van der Waals surface area contributed by atoms with Gasteiger partial charge < -0.3 is 19.4 Å². The van der Waals surface area contributed by atoms with Gasteiger partial charge in [-0.05, 0) is 24.6 Å². The number of piperazine rings is 1. The van der Waals surface area contributed by atoms with E-state index >= 15 is 0 Å². The standard InChI is InChI=1S/C21H25F2N5O2/c1-15(16-6-4-5-7-17(16)30-20(22)23)14-19(29)28-12-10-27(11-13-28)18-8-9-24-21(25-18)26(2)3/h4-9,14,20H,10-13H2,1-3H3. The summed E-state index contributed by atoms with van der Waals surface area (Å²) < 4.78 is 29.8. The molecule has 0 N–H and O–H groups in total. The summed E-state index contributed by atoms with van der Waals surface area (Å²) in [6, 6.07) is 8.31. The van der Waals surface area contributed by atoms with Gasteiger partial charge in [0.05, 0.1) is 0 Å². The van der Waals surface area contributed by atoms with Crippen LogP contribution in [0.4, 0.5) is 20.5 Å². The SMILES string of the molecule is CC(=CC(=O)N1CCN(c2ccnc(N(C)C)n2)CC1)c1ccccc1OC(F)F. The van der Waals surface area contributed by atoms with Gasteiger partial charge in [-0.25, -0.2) is 4.98 Å². The van der Waals surface area contributed by atoms with Gasteiger partial charge in [0.25, 0.3) is 0 Å². The lowest BCUT2D eigenvalue weighted by atomic mass is 10.1. The molecule has 0 aliphatic carbocycles. The normalized spacial score (nSPS) is 14.8. The van der Waals surface area contributed by atoms with Crippen LogP contribution in [0.3, 0.4) is 0 Å². The van der Waals surface area contributed by atoms with E-state index < -0.39 is 6.61 Å². The first-order valence-corrected chi connectivity index (χ1v) is 9.62. The zero-order valence-electron chi connectivity index (χ0n) is 17.3. The number of hydrogen-bond donors (Lipinski definition) is 0. The van der Waals surface area contributed by atoms with Gasteiger partial charge in [-0.3, -0.25) is 4.79 Å². The molecule has 0 unspecified atom stereocenters. The highest BCUT2D eigenvalue weighted by molar-refractivity contribution is 5.95. The number of para-hydroxylation sites is 1. The summed E-state index contributed by atoms with van der Waals surface area (Å²) in [4.78, 5) is 27.2. The number of benzene rings is 1. The molecular formula is C21H25F2N5O2. The number of amides is 1. The number of allylic oxidation sites excluding steroid dienone is 1. The van der Waals surface area contributed by atoms with E-state index in [9.17, 15) is 13.6 Å². The van der Waals surface area contributed by atoms with Crippen LogP contribution in [-0.2, 0) is 4.79 Å². The smallest absolute Gasteiger partial charge is 0.387 e. The molecule has 0 saturated carbocycles. The van der Waals surface area contributed by atoms with E-state index in [1.807, 2.05) is 25.1 Å². The summed E-state index contributed by atoms with van der Waals surface area (Å²) in [7, 11) is 3.77. The Morgan fingerprint density at radius 1 is 1.17 bits per heavy atom. The summed E-state index contributed by atoms with van der Waals surface area (Å²) >= 11 is 0. The number of aromatic nitrogens is 2. The van der Waals surface area contributed by atoms with Crippen molar-refractivity contribution in [3.05, 3.63) is 48.2 Å². The van der Waals surface area contributed by atoms with E-state index in [-0.39, 0.29) is 11.7 Å². The molecule has 1 amide bonds. The molecule has 1 aromatic heterocycles. The molecule has 0 bridgehead atoms. The van der Waals surface area contributed by atoms with Gasteiger partial charge in [0, 0.05) is 58.1 Å². The van der Waals surface area contributed by atoms with Gasteiger partial charge in [0.2, 0.25) is 11.9 Å². The molecule has 3 rings (SSSR count). The van der Waals surface area contributed by atoms with Crippen LogP contribution in [0.5, 0.6) is 5.75 Å². The first-order valence-electron chi connectivity index (χ1n) is 9.62. The van der Waals surface area contributed by atoms with Crippen LogP contribution in [0.25, 0.3) is 5.57 Å². The maximum Gasteiger partial charge on any atom is 0.387 e. The van der Waals surface area contributed by atoms with Crippen LogP contribution in [0, 0.1) is 0 Å². The summed E-state index contributed by atoms with van der Waals surface area (Å²) in [6.45, 7) is 1.17. The van der Waals surface area contributed by atoms with Crippen molar-refractivity contribution < 1.29 is 18.3 Å². The van der Waals surface area contributed by atoms with Gasteiger partial charge in [-0.15, -0.1) is 0 Å². The van der Waals surface area contributed by atoms with Gasteiger partial charge >= 0.3 is 6.61 Å². The number of alkyl halides is 2. The van der Waals surface area contributed by atoms with Crippen molar-refractivity contribution in [2.24, 2.45) is 0 Å². The van der Waals surface area contributed by atoms with Crippen molar-refractivity contribution >= 4 is 23.2 Å². The molecule has 1 aliphatic heterocycles. The van der Waals surface area contributed by atoms with Crippen LogP contribution >= 0.6 is 0 Å². The molecule has 0 radical (unpaired) electrons.